The van der Waals surface area contributed by atoms with Crippen molar-refractivity contribution in [3.8, 4) is 0 Å². The molecule has 1 heterocycles. The van der Waals surface area contributed by atoms with Crippen molar-refractivity contribution in [2.24, 2.45) is 0 Å². The number of hydrogen-bond acceptors (Lipinski definition) is 2. The topological polar surface area (TPSA) is 56.7 Å². The van der Waals surface area contributed by atoms with Crippen LogP contribution in [0.15, 0.2) is 24.3 Å². The molecule has 0 saturated carbocycles. The summed E-state index contributed by atoms with van der Waals surface area (Å²) in [5.74, 6) is -1.32. The van der Waals surface area contributed by atoms with E-state index in [0.717, 1.165) is 18.5 Å². The van der Waals surface area contributed by atoms with Crippen LogP contribution in [-0.2, 0) is 11.2 Å². The van der Waals surface area contributed by atoms with Crippen LogP contribution in [-0.4, -0.2) is 18.1 Å². The molecule has 86 valence electrons. The number of aliphatic carboxylic acids is 1. The lowest BCUT2D eigenvalue weighted by Gasteiger charge is -2.26. The number of quaternary nitrogens is 1. The van der Waals surface area contributed by atoms with E-state index in [1.807, 2.05) is 5.32 Å². The van der Waals surface area contributed by atoms with Gasteiger partial charge in [0.25, 0.3) is 0 Å². The SMILES string of the molecule is O=C([O-])[C@@]1(Cc2ccc(F)cc2)CCC[NH2+]1. The van der Waals surface area contributed by atoms with Crippen molar-refractivity contribution in [1.29, 1.82) is 0 Å². The van der Waals surface area contributed by atoms with Crippen LogP contribution in [0.3, 0.4) is 0 Å². The summed E-state index contributed by atoms with van der Waals surface area (Å²) in [5.41, 5.74) is -0.0126. The highest BCUT2D eigenvalue weighted by molar-refractivity contribution is 5.75. The Morgan fingerprint density at radius 3 is 2.62 bits per heavy atom. The van der Waals surface area contributed by atoms with Gasteiger partial charge in [0.2, 0.25) is 0 Å². The van der Waals surface area contributed by atoms with Gasteiger partial charge in [0.05, 0.1) is 6.54 Å². The summed E-state index contributed by atoms with van der Waals surface area (Å²) in [5, 5.41) is 13.0. The predicted octanol–water partition coefficient (Wildman–Crippen LogP) is -0.786. The number of nitrogens with two attached hydrogens (primary N) is 1. The van der Waals surface area contributed by atoms with E-state index < -0.39 is 11.5 Å². The van der Waals surface area contributed by atoms with Crippen LogP contribution in [0.25, 0.3) is 0 Å². The molecule has 0 aliphatic carbocycles. The molecule has 0 bridgehead atoms. The van der Waals surface area contributed by atoms with E-state index in [2.05, 4.69) is 0 Å². The van der Waals surface area contributed by atoms with Gasteiger partial charge in [-0.3, -0.25) is 0 Å². The maximum atomic E-state index is 12.7. The van der Waals surface area contributed by atoms with Crippen LogP contribution in [0, 0.1) is 5.82 Å². The number of benzene rings is 1. The summed E-state index contributed by atoms with van der Waals surface area (Å²) in [7, 11) is 0. The summed E-state index contributed by atoms with van der Waals surface area (Å²) >= 11 is 0. The molecular weight excluding hydrogens is 209 g/mol. The molecule has 16 heavy (non-hydrogen) atoms. The van der Waals surface area contributed by atoms with Crippen molar-refractivity contribution in [3.63, 3.8) is 0 Å². The molecule has 0 radical (unpaired) electrons. The van der Waals surface area contributed by atoms with E-state index in [1.54, 1.807) is 12.1 Å². The molecule has 1 atom stereocenters. The molecule has 0 unspecified atom stereocenters. The highest BCUT2D eigenvalue weighted by Gasteiger charge is 2.39. The maximum absolute atomic E-state index is 12.7. The van der Waals surface area contributed by atoms with Crippen molar-refractivity contribution >= 4 is 5.97 Å². The number of halogens is 1. The van der Waals surface area contributed by atoms with E-state index in [-0.39, 0.29) is 5.82 Å². The molecule has 1 aliphatic rings. The van der Waals surface area contributed by atoms with Crippen molar-refractivity contribution in [3.05, 3.63) is 35.6 Å². The zero-order valence-electron chi connectivity index (χ0n) is 8.91. The lowest BCUT2D eigenvalue weighted by Crippen LogP contribution is -2.97. The molecule has 0 amide bonds. The molecule has 1 aromatic rings. The minimum absolute atomic E-state index is 0.304. The predicted molar refractivity (Wildman–Crippen MR) is 53.9 cm³/mol. The Balaban J connectivity index is 2.18. The molecule has 0 aromatic heterocycles. The zero-order valence-corrected chi connectivity index (χ0v) is 8.91. The Bertz CT molecular complexity index is 383. The summed E-state index contributed by atoms with van der Waals surface area (Å²) in [6, 6.07) is 5.97. The van der Waals surface area contributed by atoms with Gasteiger partial charge in [-0.2, -0.15) is 0 Å². The molecule has 0 spiro atoms. The molecular formula is C12H14FNO2. The zero-order chi connectivity index (χ0) is 11.6. The van der Waals surface area contributed by atoms with Crippen LogP contribution in [0.5, 0.6) is 0 Å². The van der Waals surface area contributed by atoms with Crippen molar-refractivity contribution in [2.45, 2.75) is 24.8 Å². The van der Waals surface area contributed by atoms with Crippen LogP contribution in [0.4, 0.5) is 4.39 Å². The second kappa shape index (κ2) is 4.22. The van der Waals surface area contributed by atoms with Gasteiger partial charge in [-0.15, -0.1) is 0 Å². The molecule has 1 saturated heterocycles. The van der Waals surface area contributed by atoms with Crippen molar-refractivity contribution in [1.82, 2.24) is 0 Å². The van der Waals surface area contributed by atoms with E-state index in [1.165, 1.54) is 12.1 Å². The summed E-state index contributed by atoms with van der Waals surface area (Å²) in [4.78, 5) is 11.2. The van der Waals surface area contributed by atoms with Crippen LogP contribution < -0.4 is 10.4 Å². The number of hydrogen-bond donors (Lipinski definition) is 1. The fraction of sp³-hybridized carbons (Fsp3) is 0.417. The Morgan fingerprint density at radius 2 is 2.12 bits per heavy atom. The number of carboxylic acids is 1. The molecule has 1 aliphatic heterocycles. The largest absolute Gasteiger partial charge is 0.544 e. The summed E-state index contributed by atoms with van der Waals surface area (Å²) < 4.78 is 12.7. The molecule has 3 nitrogen and oxygen atoms in total. The van der Waals surface area contributed by atoms with Gasteiger partial charge in [0.1, 0.15) is 17.3 Å². The Morgan fingerprint density at radius 1 is 1.44 bits per heavy atom. The van der Waals surface area contributed by atoms with Crippen molar-refractivity contribution in [2.75, 3.05) is 6.54 Å². The number of rotatable bonds is 3. The van der Waals surface area contributed by atoms with E-state index in [9.17, 15) is 14.3 Å². The van der Waals surface area contributed by atoms with Crippen molar-refractivity contribution < 1.29 is 19.6 Å². The van der Waals surface area contributed by atoms with Crippen LogP contribution >= 0.6 is 0 Å². The standard InChI is InChI=1S/C12H14FNO2/c13-10-4-2-9(3-5-10)8-12(11(15)16)6-1-7-14-12/h2-5,14H,1,6-8H2,(H,15,16)/t12-/m0/s1. The molecule has 1 fully saturated rings. The van der Waals surface area contributed by atoms with Crippen LogP contribution in [0.2, 0.25) is 0 Å². The average Bonchev–Trinajstić information content (AvgIpc) is 2.71. The lowest BCUT2D eigenvalue weighted by molar-refractivity contribution is -0.700. The number of carbonyl (C=O) groups excluding carboxylic acids is 1. The number of carboxylic acid groups (broad SMARTS) is 1. The van der Waals surface area contributed by atoms with Gasteiger partial charge in [0, 0.05) is 19.3 Å². The van der Waals surface area contributed by atoms with E-state index >= 15 is 0 Å². The second-order valence-electron chi connectivity index (χ2n) is 4.34. The summed E-state index contributed by atoms with van der Waals surface area (Å²) in [6.45, 7) is 0.815. The van der Waals surface area contributed by atoms with Gasteiger partial charge >= 0.3 is 0 Å². The fourth-order valence-electron chi connectivity index (χ4n) is 2.28. The van der Waals surface area contributed by atoms with Gasteiger partial charge < -0.3 is 15.2 Å². The molecule has 2 N–H and O–H groups in total. The lowest BCUT2D eigenvalue weighted by atomic mass is 9.89. The second-order valence-corrected chi connectivity index (χ2v) is 4.34. The fourth-order valence-corrected chi connectivity index (χ4v) is 2.28. The number of carbonyl (C=O) groups is 1. The van der Waals surface area contributed by atoms with E-state index in [0.29, 0.717) is 12.8 Å². The molecule has 4 heteroatoms. The highest BCUT2D eigenvalue weighted by atomic mass is 19.1. The molecule has 1 aromatic carbocycles. The van der Waals surface area contributed by atoms with Crippen LogP contribution in [0.1, 0.15) is 18.4 Å². The monoisotopic (exact) mass is 223 g/mol. The Labute approximate surface area is 93.3 Å². The van der Waals surface area contributed by atoms with Gasteiger partial charge in [-0.05, 0) is 17.7 Å². The first kappa shape index (κ1) is 11.1. The van der Waals surface area contributed by atoms with Gasteiger partial charge in [0.15, 0.2) is 0 Å². The minimum Gasteiger partial charge on any atom is -0.544 e. The smallest absolute Gasteiger partial charge is 0.140 e. The quantitative estimate of drug-likeness (QED) is 0.730. The van der Waals surface area contributed by atoms with E-state index in [4.69, 9.17) is 0 Å². The normalized spacial score (nSPS) is 24.6. The first-order valence-electron chi connectivity index (χ1n) is 5.43. The molecule has 2 rings (SSSR count). The minimum atomic E-state index is -1.02. The third-order valence-electron chi connectivity index (χ3n) is 3.20. The summed E-state index contributed by atoms with van der Waals surface area (Å²) in [6.07, 6.45) is 1.90. The maximum Gasteiger partial charge on any atom is 0.140 e. The highest BCUT2D eigenvalue weighted by Crippen LogP contribution is 2.18. The first-order valence-corrected chi connectivity index (χ1v) is 5.43. The third-order valence-corrected chi connectivity index (χ3v) is 3.20. The third kappa shape index (κ3) is 2.07. The Hall–Kier alpha value is -1.42. The average molecular weight is 223 g/mol. The van der Waals surface area contributed by atoms with Gasteiger partial charge in [-0.25, -0.2) is 4.39 Å². The van der Waals surface area contributed by atoms with Gasteiger partial charge in [-0.1, -0.05) is 12.1 Å². The Kier molecular flexibility index (Phi) is 2.92. The first-order chi connectivity index (χ1) is 7.62.